The molecule has 0 aromatic heterocycles. The molecule has 0 aliphatic carbocycles. The third-order valence-corrected chi connectivity index (χ3v) is 4.10. The molecule has 2 aromatic carbocycles. The predicted octanol–water partition coefficient (Wildman–Crippen LogP) is 3.90. The summed E-state index contributed by atoms with van der Waals surface area (Å²) >= 11 is 1.36. The molecular formula is C17H17FN2O2S. The smallest absolute Gasteiger partial charge is 0.237 e. The number of hydrogen-bond acceptors (Lipinski definition) is 3. The molecule has 2 amide bonds. The number of thioether (sulfide) groups is 1. The van der Waals surface area contributed by atoms with Gasteiger partial charge in [-0.05, 0) is 43.3 Å². The lowest BCUT2D eigenvalue weighted by Gasteiger charge is -2.13. The van der Waals surface area contributed by atoms with Crippen LogP contribution < -0.4 is 10.6 Å². The number of carbonyl (C=O) groups is 2. The summed E-state index contributed by atoms with van der Waals surface area (Å²) in [5.74, 6) is -0.869. The summed E-state index contributed by atoms with van der Waals surface area (Å²) in [6.45, 7) is 3.19. The minimum absolute atomic E-state index is 0.136. The van der Waals surface area contributed by atoms with Gasteiger partial charge in [-0.1, -0.05) is 12.1 Å². The van der Waals surface area contributed by atoms with Crippen LogP contribution >= 0.6 is 11.8 Å². The molecular weight excluding hydrogens is 315 g/mol. The number of rotatable bonds is 5. The second-order valence-electron chi connectivity index (χ2n) is 4.93. The van der Waals surface area contributed by atoms with E-state index in [4.69, 9.17) is 0 Å². The standard InChI is InChI=1S/C17H17FN2O2S/c1-11(17(22)20-16-6-4-3-5-15(16)18)23-14-9-7-13(8-10-14)19-12(2)21/h3-11H,1-2H3,(H,19,21)(H,20,22)/t11-/m1/s1. The number of nitrogens with one attached hydrogen (secondary N) is 2. The van der Waals surface area contributed by atoms with Crippen molar-refractivity contribution in [3.63, 3.8) is 0 Å². The molecule has 0 bridgehead atoms. The summed E-state index contributed by atoms with van der Waals surface area (Å²) in [4.78, 5) is 24.0. The first-order chi connectivity index (χ1) is 11.0. The molecule has 0 saturated heterocycles. The van der Waals surface area contributed by atoms with Gasteiger partial charge in [-0.2, -0.15) is 0 Å². The van der Waals surface area contributed by atoms with Crippen molar-refractivity contribution in [2.75, 3.05) is 10.6 Å². The molecule has 0 unspecified atom stereocenters. The molecule has 4 nitrogen and oxygen atoms in total. The zero-order valence-electron chi connectivity index (χ0n) is 12.8. The van der Waals surface area contributed by atoms with E-state index in [-0.39, 0.29) is 22.8 Å². The molecule has 0 radical (unpaired) electrons. The lowest BCUT2D eigenvalue weighted by atomic mass is 10.3. The Bertz CT molecular complexity index is 704. The van der Waals surface area contributed by atoms with Gasteiger partial charge in [0.2, 0.25) is 11.8 Å². The van der Waals surface area contributed by atoms with Gasteiger partial charge in [0.1, 0.15) is 5.82 Å². The topological polar surface area (TPSA) is 58.2 Å². The van der Waals surface area contributed by atoms with Gasteiger partial charge in [0, 0.05) is 17.5 Å². The minimum atomic E-state index is -0.460. The zero-order chi connectivity index (χ0) is 16.8. The van der Waals surface area contributed by atoms with Gasteiger partial charge in [0.15, 0.2) is 0 Å². The maximum Gasteiger partial charge on any atom is 0.237 e. The molecule has 6 heteroatoms. The molecule has 23 heavy (non-hydrogen) atoms. The summed E-state index contributed by atoms with van der Waals surface area (Å²) in [5.41, 5.74) is 0.872. The second kappa shape index (κ2) is 7.78. The molecule has 120 valence electrons. The normalized spacial score (nSPS) is 11.6. The quantitative estimate of drug-likeness (QED) is 0.816. The second-order valence-corrected chi connectivity index (χ2v) is 6.35. The van der Waals surface area contributed by atoms with Gasteiger partial charge in [0.25, 0.3) is 0 Å². The first-order valence-electron chi connectivity index (χ1n) is 7.05. The number of hydrogen-bond donors (Lipinski definition) is 2. The SMILES string of the molecule is CC(=O)Nc1ccc(S[C@H](C)C(=O)Nc2ccccc2F)cc1. The highest BCUT2D eigenvalue weighted by Crippen LogP contribution is 2.26. The average Bonchev–Trinajstić information content (AvgIpc) is 2.51. The third-order valence-electron chi connectivity index (χ3n) is 2.99. The fourth-order valence-corrected chi connectivity index (χ4v) is 2.74. The highest BCUT2D eigenvalue weighted by molar-refractivity contribution is 8.00. The monoisotopic (exact) mass is 332 g/mol. The lowest BCUT2D eigenvalue weighted by molar-refractivity contribution is -0.115. The summed E-state index contributed by atoms with van der Waals surface area (Å²) in [6.07, 6.45) is 0. The van der Waals surface area contributed by atoms with E-state index in [0.717, 1.165) is 4.90 Å². The van der Waals surface area contributed by atoms with Crippen molar-refractivity contribution in [3.05, 3.63) is 54.3 Å². The van der Waals surface area contributed by atoms with Crippen LogP contribution in [0, 0.1) is 5.82 Å². The highest BCUT2D eigenvalue weighted by Gasteiger charge is 2.16. The maximum absolute atomic E-state index is 13.5. The fraction of sp³-hybridized carbons (Fsp3) is 0.176. The van der Waals surface area contributed by atoms with E-state index in [2.05, 4.69) is 10.6 Å². The molecule has 2 rings (SSSR count). The Morgan fingerprint density at radius 3 is 2.30 bits per heavy atom. The van der Waals surface area contributed by atoms with Gasteiger partial charge < -0.3 is 10.6 Å². The number of para-hydroxylation sites is 1. The van der Waals surface area contributed by atoms with Crippen LogP contribution in [0.5, 0.6) is 0 Å². The first-order valence-corrected chi connectivity index (χ1v) is 7.93. The van der Waals surface area contributed by atoms with Crippen LogP contribution in [0.15, 0.2) is 53.4 Å². The van der Waals surface area contributed by atoms with Crippen LogP contribution in [0.4, 0.5) is 15.8 Å². The van der Waals surface area contributed by atoms with Crippen molar-refractivity contribution in [1.82, 2.24) is 0 Å². The Labute approximate surface area is 138 Å². The molecule has 0 aliphatic rings. The third kappa shape index (κ3) is 5.10. The molecule has 2 aromatic rings. The van der Waals surface area contributed by atoms with Crippen LogP contribution in [0.3, 0.4) is 0 Å². The van der Waals surface area contributed by atoms with E-state index in [0.29, 0.717) is 5.69 Å². The van der Waals surface area contributed by atoms with Crippen LogP contribution in [-0.2, 0) is 9.59 Å². The van der Waals surface area contributed by atoms with Crippen molar-refractivity contribution < 1.29 is 14.0 Å². The number of amides is 2. The van der Waals surface area contributed by atoms with Crippen LogP contribution in [0.2, 0.25) is 0 Å². The molecule has 0 saturated carbocycles. The van der Waals surface area contributed by atoms with E-state index in [1.807, 2.05) is 12.1 Å². The van der Waals surface area contributed by atoms with E-state index in [1.54, 1.807) is 31.2 Å². The predicted molar refractivity (Wildman–Crippen MR) is 91.1 cm³/mol. The summed E-state index contributed by atoms with van der Waals surface area (Å²) in [6, 6.07) is 13.2. The van der Waals surface area contributed by atoms with E-state index in [1.165, 1.54) is 30.8 Å². The van der Waals surface area contributed by atoms with Gasteiger partial charge in [0.05, 0.1) is 10.9 Å². The van der Waals surface area contributed by atoms with E-state index < -0.39 is 5.82 Å². The van der Waals surface area contributed by atoms with Gasteiger partial charge in [-0.3, -0.25) is 9.59 Å². The Hall–Kier alpha value is -2.34. The summed E-state index contributed by atoms with van der Waals surface area (Å²) in [5, 5.41) is 4.87. The summed E-state index contributed by atoms with van der Waals surface area (Å²) in [7, 11) is 0. The lowest BCUT2D eigenvalue weighted by Crippen LogP contribution is -2.22. The zero-order valence-corrected chi connectivity index (χ0v) is 13.6. The molecule has 1 atom stereocenters. The maximum atomic E-state index is 13.5. The Kier molecular flexibility index (Phi) is 5.76. The van der Waals surface area contributed by atoms with Crippen molar-refractivity contribution >= 4 is 35.0 Å². The molecule has 0 heterocycles. The Morgan fingerprint density at radius 1 is 1.04 bits per heavy atom. The number of halogens is 1. The van der Waals surface area contributed by atoms with Gasteiger partial charge in [-0.15, -0.1) is 11.8 Å². The van der Waals surface area contributed by atoms with E-state index >= 15 is 0 Å². The molecule has 0 aliphatic heterocycles. The summed E-state index contributed by atoms with van der Waals surface area (Å²) < 4.78 is 13.5. The van der Waals surface area contributed by atoms with Crippen LogP contribution in [-0.4, -0.2) is 17.1 Å². The van der Waals surface area contributed by atoms with Crippen molar-refractivity contribution in [1.29, 1.82) is 0 Å². The molecule has 2 N–H and O–H groups in total. The van der Waals surface area contributed by atoms with Crippen molar-refractivity contribution in [2.45, 2.75) is 24.0 Å². The number of carbonyl (C=O) groups excluding carboxylic acids is 2. The molecule has 0 spiro atoms. The highest BCUT2D eigenvalue weighted by atomic mass is 32.2. The Morgan fingerprint density at radius 2 is 1.70 bits per heavy atom. The molecule has 0 fully saturated rings. The average molecular weight is 332 g/mol. The largest absolute Gasteiger partial charge is 0.326 e. The van der Waals surface area contributed by atoms with Crippen LogP contribution in [0.1, 0.15) is 13.8 Å². The Balaban J connectivity index is 1.95. The van der Waals surface area contributed by atoms with Crippen molar-refractivity contribution in [2.24, 2.45) is 0 Å². The van der Waals surface area contributed by atoms with E-state index in [9.17, 15) is 14.0 Å². The first kappa shape index (κ1) is 17.0. The van der Waals surface area contributed by atoms with Crippen LogP contribution in [0.25, 0.3) is 0 Å². The number of anilines is 2. The van der Waals surface area contributed by atoms with Gasteiger partial charge in [-0.25, -0.2) is 4.39 Å². The minimum Gasteiger partial charge on any atom is -0.326 e. The van der Waals surface area contributed by atoms with Crippen molar-refractivity contribution in [3.8, 4) is 0 Å². The van der Waals surface area contributed by atoms with Gasteiger partial charge >= 0.3 is 0 Å². The fourth-order valence-electron chi connectivity index (χ4n) is 1.87. The number of benzene rings is 2.